The smallest absolute Gasteiger partial charge is 0.272 e. The number of nitrogens with two attached hydrogens (primary N) is 1. The molecule has 1 fully saturated rings. The van der Waals surface area contributed by atoms with Crippen molar-refractivity contribution in [2.45, 2.75) is 12.8 Å². The van der Waals surface area contributed by atoms with Gasteiger partial charge >= 0.3 is 0 Å². The molecule has 1 saturated heterocycles. The van der Waals surface area contributed by atoms with Gasteiger partial charge in [-0.2, -0.15) is 0 Å². The third kappa shape index (κ3) is 2.87. The standard InChI is InChI=1S/C12H14BrN3O2/c13-9-1-2-10(15-7-9)12(18)16-5-3-8(4-6-16)11(14)17/h1-2,7-8H,3-6H2,(H2,14,17). The maximum atomic E-state index is 12.1. The number of amides is 2. The van der Waals surface area contributed by atoms with Gasteiger partial charge in [-0.15, -0.1) is 0 Å². The number of likely N-dealkylation sites (tertiary alicyclic amines) is 1. The molecule has 18 heavy (non-hydrogen) atoms. The number of nitrogens with zero attached hydrogens (tertiary/aromatic N) is 2. The highest BCUT2D eigenvalue weighted by Crippen LogP contribution is 2.18. The second-order valence-corrected chi connectivity index (χ2v) is 5.25. The Morgan fingerprint density at radius 2 is 2.00 bits per heavy atom. The van der Waals surface area contributed by atoms with Crippen molar-refractivity contribution in [2.24, 2.45) is 11.7 Å². The Balaban J connectivity index is 1.99. The molecule has 2 N–H and O–H groups in total. The third-order valence-electron chi connectivity index (χ3n) is 3.13. The first kappa shape index (κ1) is 13.0. The molecule has 0 saturated carbocycles. The fourth-order valence-corrected chi connectivity index (χ4v) is 2.27. The minimum Gasteiger partial charge on any atom is -0.369 e. The lowest BCUT2D eigenvalue weighted by molar-refractivity contribution is -0.123. The van der Waals surface area contributed by atoms with E-state index in [1.165, 1.54) is 0 Å². The molecule has 0 spiro atoms. The van der Waals surface area contributed by atoms with Crippen LogP contribution in [0.5, 0.6) is 0 Å². The largest absolute Gasteiger partial charge is 0.369 e. The number of pyridine rings is 1. The molecule has 0 aliphatic carbocycles. The monoisotopic (exact) mass is 311 g/mol. The van der Waals surface area contributed by atoms with E-state index in [1.54, 1.807) is 23.2 Å². The molecule has 2 rings (SSSR count). The van der Waals surface area contributed by atoms with Gasteiger partial charge in [-0.05, 0) is 40.9 Å². The van der Waals surface area contributed by atoms with Crippen LogP contribution in [0.1, 0.15) is 23.3 Å². The quantitative estimate of drug-likeness (QED) is 0.891. The molecular weight excluding hydrogens is 298 g/mol. The summed E-state index contributed by atoms with van der Waals surface area (Å²) in [6, 6.07) is 3.48. The van der Waals surface area contributed by atoms with Crippen molar-refractivity contribution in [2.75, 3.05) is 13.1 Å². The number of rotatable bonds is 2. The van der Waals surface area contributed by atoms with Crippen LogP contribution in [0, 0.1) is 5.92 Å². The van der Waals surface area contributed by atoms with Crippen LogP contribution in [-0.2, 0) is 4.79 Å². The predicted molar refractivity (Wildman–Crippen MR) is 69.8 cm³/mol. The lowest BCUT2D eigenvalue weighted by atomic mass is 9.96. The summed E-state index contributed by atoms with van der Waals surface area (Å²) in [5.74, 6) is -0.471. The fourth-order valence-electron chi connectivity index (χ4n) is 2.03. The van der Waals surface area contributed by atoms with Crippen LogP contribution >= 0.6 is 15.9 Å². The zero-order valence-electron chi connectivity index (χ0n) is 9.80. The second-order valence-electron chi connectivity index (χ2n) is 4.33. The van der Waals surface area contributed by atoms with Crippen molar-refractivity contribution in [3.63, 3.8) is 0 Å². The highest BCUT2D eigenvalue weighted by molar-refractivity contribution is 9.10. The summed E-state index contributed by atoms with van der Waals surface area (Å²) in [6.07, 6.45) is 2.87. The topological polar surface area (TPSA) is 76.3 Å². The number of aromatic nitrogens is 1. The molecule has 0 atom stereocenters. The third-order valence-corrected chi connectivity index (χ3v) is 3.60. The average Bonchev–Trinajstić information content (AvgIpc) is 2.39. The number of primary amides is 1. The van der Waals surface area contributed by atoms with Gasteiger partial charge in [0.1, 0.15) is 5.69 Å². The fraction of sp³-hybridized carbons (Fsp3) is 0.417. The van der Waals surface area contributed by atoms with Crippen LogP contribution in [0.25, 0.3) is 0 Å². The first-order valence-corrected chi connectivity index (χ1v) is 6.57. The molecule has 2 amide bonds. The number of hydrogen-bond acceptors (Lipinski definition) is 3. The molecule has 6 heteroatoms. The molecule has 1 aromatic heterocycles. The van der Waals surface area contributed by atoms with Gasteiger partial charge in [0.2, 0.25) is 5.91 Å². The van der Waals surface area contributed by atoms with Gasteiger partial charge in [-0.25, -0.2) is 4.98 Å². The van der Waals surface area contributed by atoms with Crippen LogP contribution in [0.3, 0.4) is 0 Å². The van der Waals surface area contributed by atoms with Crippen molar-refractivity contribution in [3.8, 4) is 0 Å². The second kappa shape index (κ2) is 5.48. The van der Waals surface area contributed by atoms with Gasteiger partial charge in [0.05, 0.1) is 0 Å². The van der Waals surface area contributed by atoms with Crippen LogP contribution in [0.2, 0.25) is 0 Å². The van der Waals surface area contributed by atoms with E-state index < -0.39 is 0 Å². The van der Waals surface area contributed by atoms with E-state index in [9.17, 15) is 9.59 Å². The van der Waals surface area contributed by atoms with E-state index in [0.717, 1.165) is 4.47 Å². The Hall–Kier alpha value is -1.43. The molecule has 0 aromatic carbocycles. The number of hydrogen-bond donors (Lipinski definition) is 1. The normalized spacial score (nSPS) is 16.6. The number of carbonyl (C=O) groups is 2. The molecule has 1 aliphatic heterocycles. The van der Waals surface area contributed by atoms with Crippen LogP contribution < -0.4 is 5.73 Å². The summed E-state index contributed by atoms with van der Waals surface area (Å²) in [5, 5.41) is 0. The Kier molecular flexibility index (Phi) is 3.96. The maximum Gasteiger partial charge on any atom is 0.272 e. The van der Waals surface area contributed by atoms with E-state index in [2.05, 4.69) is 20.9 Å². The van der Waals surface area contributed by atoms with Crippen molar-refractivity contribution >= 4 is 27.7 Å². The summed E-state index contributed by atoms with van der Waals surface area (Å²) in [4.78, 5) is 29.0. The van der Waals surface area contributed by atoms with E-state index >= 15 is 0 Å². The van der Waals surface area contributed by atoms with Gasteiger partial charge < -0.3 is 10.6 Å². The molecule has 2 heterocycles. The zero-order chi connectivity index (χ0) is 13.1. The molecular formula is C12H14BrN3O2. The van der Waals surface area contributed by atoms with Gasteiger partial charge in [0.25, 0.3) is 5.91 Å². The highest BCUT2D eigenvalue weighted by Gasteiger charge is 2.26. The Bertz CT molecular complexity index is 453. The summed E-state index contributed by atoms with van der Waals surface area (Å²) in [7, 11) is 0. The van der Waals surface area contributed by atoms with E-state index in [0.29, 0.717) is 31.6 Å². The number of piperidine rings is 1. The highest BCUT2D eigenvalue weighted by atomic mass is 79.9. The summed E-state index contributed by atoms with van der Waals surface area (Å²) < 4.78 is 0.839. The minimum absolute atomic E-state index is 0.0922. The maximum absolute atomic E-state index is 12.1. The van der Waals surface area contributed by atoms with Crippen LogP contribution in [0.4, 0.5) is 0 Å². The molecule has 5 nitrogen and oxygen atoms in total. The molecule has 0 bridgehead atoms. The summed E-state index contributed by atoms with van der Waals surface area (Å²) in [5.41, 5.74) is 5.68. The van der Waals surface area contributed by atoms with Crippen LogP contribution in [-0.4, -0.2) is 34.8 Å². The number of carbonyl (C=O) groups excluding carboxylic acids is 2. The molecule has 96 valence electrons. The molecule has 1 aromatic rings. The van der Waals surface area contributed by atoms with E-state index in [1.807, 2.05) is 0 Å². The summed E-state index contributed by atoms with van der Waals surface area (Å²) >= 11 is 3.28. The minimum atomic E-state index is -0.274. The van der Waals surface area contributed by atoms with Gasteiger partial charge in [0.15, 0.2) is 0 Å². The van der Waals surface area contributed by atoms with Crippen molar-refractivity contribution in [3.05, 3.63) is 28.5 Å². The van der Waals surface area contributed by atoms with Gasteiger partial charge in [0, 0.05) is 29.7 Å². The van der Waals surface area contributed by atoms with Crippen molar-refractivity contribution < 1.29 is 9.59 Å². The average molecular weight is 312 g/mol. The Labute approximate surface area is 113 Å². The summed E-state index contributed by atoms with van der Waals surface area (Å²) in [6.45, 7) is 1.12. The van der Waals surface area contributed by atoms with E-state index in [4.69, 9.17) is 5.73 Å². The Morgan fingerprint density at radius 3 is 2.50 bits per heavy atom. The van der Waals surface area contributed by atoms with Crippen LogP contribution in [0.15, 0.2) is 22.8 Å². The lowest BCUT2D eigenvalue weighted by Crippen LogP contribution is -2.41. The lowest BCUT2D eigenvalue weighted by Gasteiger charge is -2.30. The van der Waals surface area contributed by atoms with Gasteiger partial charge in [-0.3, -0.25) is 9.59 Å². The molecule has 1 aliphatic rings. The molecule has 0 unspecified atom stereocenters. The number of halogens is 1. The molecule has 0 radical (unpaired) electrons. The van der Waals surface area contributed by atoms with E-state index in [-0.39, 0.29) is 17.7 Å². The van der Waals surface area contributed by atoms with Gasteiger partial charge in [-0.1, -0.05) is 0 Å². The SMILES string of the molecule is NC(=O)C1CCN(C(=O)c2ccc(Br)cn2)CC1. The first-order valence-electron chi connectivity index (χ1n) is 5.78. The Morgan fingerprint density at radius 1 is 1.33 bits per heavy atom. The predicted octanol–water partition coefficient (Wildman–Crippen LogP) is 1.18. The zero-order valence-corrected chi connectivity index (χ0v) is 11.4. The first-order chi connectivity index (χ1) is 8.58. The van der Waals surface area contributed by atoms with Crippen molar-refractivity contribution in [1.82, 2.24) is 9.88 Å². The van der Waals surface area contributed by atoms with Crippen molar-refractivity contribution in [1.29, 1.82) is 0 Å².